The number of hydrogen-bond acceptors (Lipinski definition) is 4. The Balaban J connectivity index is 1.81. The lowest BCUT2D eigenvalue weighted by Crippen LogP contribution is -2.44. The first-order valence-corrected chi connectivity index (χ1v) is 8.83. The van der Waals surface area contributed by atoms with Crippen LogP contribution in [0.2, 0.25) is 5.02 Å². The predicted molar refractivity (Wildman–Crippen MR) is 103 cm³/mol. The van der Waals surface area contributed by atoms with Gasteiger partial charge in [-0.2, -0.15) is 0 Å². The van der Waals surface area contributed by atoms with Gasteiger partial charge in [-0.25, -0.2) is 9.97 Å². The number of anilines is 1. The molecule has 5 heteroatoms. The average Bonchev–Trinajstić information content (AvgIpc) is 2.69. The maximum Gasteiger partial charge on any atom is 0.226 e. The van der Waals surface area contributed by atoms with Gasteiger partial charge in [-0.1, -0.05) is 54.1 Å². The van der Waals surface area contributed by atoms with Gasteiger partial charge in [0.25, 0.3) is 0 Å². The van der Waals surface area contributed by atoms with Crippen LogP contribution in [-0.4, -0.2) is 36.1 Å². The summed E-state index contributed by atoms with van der Waals surface area (Å²) in [6, 6.07) is 20.1. The smallest absolute Gasteiger partial charge is 0.226 e. The molecule has 0 amide bonds. The summed E-state index contributed by atoms with van der Waals surface area (Å²) in [5.74, 6) is 0.785. The second-order valence-corrected chi connectivity index (χ2v) is 6.48. The van der Waals surface area contributed by atoms with Crippen molar-refractivity contribution in [1.82, 2.24) is 15.3 Å². The Bertz CT molecular complexity index is 843. The molecule has 1 fully saturated rings. The molecule has 4 rings (SSSR count). The lowest BCUT2D eigenvalue weighted by molar-refractivity contribution is 0.580. The van der Waals surface area contributed by atoms with Crippen molar-refractivity contribution in [3.05, 3.63) is 65.7 Å². The first-order valence-electron chi connectivity index (χ1n) is 8.46. The third-order valence-corrected chi connectivity index (χ3v) is 4.58. The second-order valence-electron chi connectivity index (χ2n) is 6.05. The van der Waals surface area contributed by atoms with Crippen LogP contribution in [0.3, 0.4) is 0 Å². The Morgan fingerprint density at radius 2 is 1.40 bits per heavy atom. The molecule has 0 unspecified atom stereocenters. The fourth-order valence-corrected chi connectivity index (χ4v) is 3.09. The van der Waals surface area contributed by atoms with Crippen molar-refractivity contribution in [3.8, 4) is 22.5 Å². The fourth-order valence-electron chi connectivity index (χ4n) is 2.97. The van der Waals surface area contributed by atoms with Crippen molar-refractivity contribution >= 4 is 17.5 Å². The average molecular weight is 351 g/mol. The number of halogens is 1. The Hall–Kier alpha value is -2.43. The number of aromatic nitrogens is 2. The Morgan fingerprint density at radius 3 is 2.04 bits per heavy atom. The van der Waals surface area contributed by atoms with E-state index < -0.39 is 0 Å². The zero-order chi connectivity index (χ0) is 17.1. The molecular formula is C20H19ClN4. The van der Waals surface area contributed by atoms with Crippen molar-refractivity contribution in [2.24, 2.45) is 0 Å². The van der Waals surface area contributed by atoms with Gasteiger partial charge in [-0.05, 0) is 18.2 Å². The molecule has 1 saturated heterocycles. The van der Waals surface area contributed by atoms with E-state index in [1.165, 1.54) is 0 Å². The molecule has 0 saturated carbocycles. The lowest BCUT2D eigenvalue weighted by Gasteiger charge is -2.28. The van der Waals surface area contributed by atoms with Crippen molar-refractivity contribution in [2.45, 2.75) is 0 Å². The largest absolute Gasteiger partial charge is 0.338 e. The number of hydrogen-bond donors (Lipinski definition) is 1. The number of nitrogens with zero attached hydrogens (tertiary/aromatic N) is 3. The molecule has 0 atom stereocenters. The van der Waals surface area contributed by atoms with Gasteiger partial charge >= 0.3 is 0 Å². The fraction of sp³-hybridized carbons (Fsp3) is 0.200. The molecule has 1 aromatic heterocycles. The molecule has 4 nitrogen and oxygen atoms in total. The molecular weight excluding hydrogens is 332 g/mol. The van der Waals surface area contributed by atoms with Crippen LogP contribution in [0, 0.1) is 0 Å². The summed E-state index contributed by atoms with van der Waals surface area (Å²) < 4.78 is 0. The van der Waals surface area contributed by atoms with Gasteiger partial charge in [-0.15, -0.1) is 0 Å². The Morgan fingerprint density at radius 1 is 0.800 bits per heavy atom. The van der Waals surface area contributed by atoms with Crippen LogP contribution in [0.5, 0.6) is 0 Å². The highest BCUT2D eigenvalue weighted by Crippen LogP contribution is 2.27. The highest BCUT2D eigenvalue weighted by Gasteiger charge is 2.16. The molecule has 0 radical (unpaired) electrons. The zero-order valence-corrected chi connectivity index (χ0v) is 14.6. The third-order valence-electron chi connectivity index (χ3n) is 4.32. The zero-order valence-electron chi connectivity index (χ0n) is 13.8. The summed E-state index contributed by atoms with van der Waals surface area (Å²) in [4.78, 5) is 11.9. The Kier molecular flexibility index (Phi) is 4.63. The highest BCUT2D eigenvalue weighted by atomic mass is 35.5. The molecule has 0 spiro atoms. The van der Waals surface area contributed by atoms with Crippen LogP contribution in [-0.2, 0) is 0 Å². The van der Waals surface area contributed by atoms with E-state index in [1.54, 1.807) is 0 Å². The van der Waals surface area contributed by atoms with E-state index in [0.29, 0.717) is 0 Å². The monoisotopic (exact) mass is 350 g/mol. The standard InChI is InChI=1S/C20H19ClN4/c21-17-8-6-16(7-9-17)19-14-18(15-4-2-1-3-5-15)23-20(24-19)25-12-10-22-11-13-25/h1-9,14,22H,10-13H2. The summed E-state index contributed by atoms with van der Waals surface area (Å²) in [5, 5.41) is 4.10. The molecule has 2 aromatic carbocycles. The van der Waals surface area contributed by atoms with Gasteiger partial charge in [0.05, 0.1) is 11.4 Å². The normalized spacial score (nSPS) is 14.5. The van der Waals surface area contributed by atoms with Crippen LogP contribution < -0.4 is 10.2 Å². The SMILES string of the molecule is Clc1ccc(-c2cc(-c3ccccc3)nc(N3CCNCC3)n2)cc1. The summed E-state index contributed by atoms with van der Waals surface area (Å²) in [6.45, 7) is 3.74. The molecule has 0 aliphatic carbocycles. The van der Waals surface area contributed by atoms with Gasteiger partial charge in [0.2, 0.25) is 5.95 Å². The number of benzene rings is 2. The molecule has 1 aliphatic heterocycles. The van der Waals surface area contributed by atoms with Crippen molar-refractivity contribution < 1.29 is 0 Å². The van der Waals surface area contributed by atoms with Gasteiger partial charge in [0, 0.05) is 42.3 Å². The van der Waals surface area contributed by atoms with E-state index in [-0.39, 0.29) is 0 Å². The number of piperazine rings is 1. The second kappa shape index (κ2) is 7.21. The van der Waals surface area contributed by atoms with E-state index in [4.69, 9.17) is 21.6 Å². The van der Waals surface area contributed by atoms with E-state index in [0.717, 1.165) is 59.7 Å². The maximum atomic E-state index is 6.03. The molecule has 0 bridgehead atoms. The van der Waals surface area contributed by atoms with E-state index >= 15 is 0 Å². The van der Waals surface area contributed by atoms with Crippen LogP contribution in [0.15, 0.2) is 60.7 Å². The van der Waals surface area contributed by atoms with Crippen molar-refractivity contribution in [3.63, 3.8) is 0 Å². The first kappa shape index (κ1) is 16.1. The molecule has 25 heavy (non-hydrogen) atoms. The van der Waals surface area contributed by atoms with Crippen LogP contribution in [0.25, 0.3) is 22.5 Å². The molecule has 2 heterocycles. The van der Waals surface area contributed by atoms with Gasteiger partial charge < -0.3 is 10.2 Å². The van der Waals surface area contributed by atoms with E-state index in [9.17, 15) is 0 Å². The summed E-state index contributed by atoms with van der Waals surface area (Å²) in [7, 11) is 0. The molecule has 126 valence electrons. The minimum atomic E-state index is 0.725. The van der Waals surface area contributed by atoms with Gasteiger partial charge in [0.15, 0.2) is 0 Å². The summed E-state index contributed by atoms with van der Waals surface area (Å²) in [5.41, 5.74) is 3.99. The van der Waals surface area contributed by atoms with E-state index in [1.807, 2.05) is 48.5 Å². The van der Waals surface area contributed by atoms with E-state index in [2.05, 4.69) is 22.3 Å². The molecule has 3 aromatic rings. The Labute approximate surface area is 152 Å². The highest BCUT2D eigenvalue weighted by molar-refractivity contribution is 6.30. The predicted octanol–water partition coefficient (Wildman–Crippen LogP) is 3.87. The molecule has 1 aliphatic rings. The van der Waals surface area contributed by atoms with Crippen LogP contribution in [0.1, 0.15) is 0 Å². The number of nitrogens with one attached hydrogen (secondary N) is 1. The van der Waals surface area contributed by atoms with Gasteiger partial charge in [-0.3, -0.25) is 0 Å². The van der Waals surface area contributed by atoms with Crippen molar-refractivity contribution in [2.75, 3.05) is 31.1 Å². The molecule has 1 N–H and O–H groups in total. The van der Waals surface area contributed by atoms with Crippen molar-refractivity contribution in [1.29, 1.82) is 0 Å². The topological polar surface area (TPSA) is 41.1 Å². The maximum absolute atomic E-state index is 6.03. The minimum absolute atomic E-state index is 0.725. The van der Waals surface area contributed by atoms with Gasteiger partial charge in [0.1, 0.15) is 0 Å². The third kappa shape index (κ3) is 3.65. The quantitative estimate of drug-likeness (QED) is 0.778. The minimum Gasteiger partial charge on any atom is -0.338 e. The summed E-state index contributed by atoms with van der Waals surface area (Å²) in [6.07, 6.45) is 0. The number of rotatable bonds is 3. The van der Waals surface area contributed by atoms with Crippen LogP contribution in [0.4, 0.5) is 5.95 Å². The lowest BCUT2D eigenvalue weighted by atomic mass is 10.1. The van der Waals surface area contributed by atoms with Crippen LogP contribution >= 0.6 is 11.6 Å². The first-order chi connectivity index (χ1) is 12.3. The summed E-state index contributed by atoms with van der Waals surface area (Å²) >= 11 is 6.03.